The molecule has 0 aromatic heterocycles. The van der Waals surface area contributed by atoms with Crippen LogP contribution in [-0.4, -0.2) is 22.4 Å². The molecule has 2 unspecified atom stereocenters. The Morgan fingerprint density at radius 2 is 1.67 bits per heavy atom. The second-order valence-corrected chi connectivity index (χ2v) is 6.20. The van der Waals surface area contributed by atoms with Crippen LogP contribution in [-0.2, 0) is 6.42 Å². The summed E-state index contributed by atoms with van der Waals surface area (Å²) < 4.78 is 1.04. The predicted molar refractivity (Wildman–Crippen MR) is 76.4 cm³/mol. The van der Waals surface area contributed by atoms with Crippen LogP contribution in [0.3, 0.4) is 0 Å². The normalized spacial score (nSPS) is 20.6. The minimum atomic E-state index is -0.644. The molecule has 2 nitrogen and oxygen atoms in total. The lowest BCUT2D eigenvalue weighted by Gasteiger charge is -2.29. The molecule has 0 bridgehead atoms. The van der Waals surface area contributed by atoms with Gasteiger partial charge in [0.2, 0.25) is 0 Å². The molecule has 2 rings (SSSR count). The van der Waals surface area contributed by atoms with Crippen molar-refractivity contribution in [3.8, 4) is 0 Å². The number of hydrogen-bond donors (Lipinski definition) is 2. The molecule has 2 atom stereocenters. The molecular formula is C15H21BrO2. The molecule has 0 amide bonds. The standard InChI is InChI=1S/C15H21BrO2/c16-13-8-6-11(7-9-13)10-14(17)15(18)12-4-2-1-3-5-12/h6-9,12,14-15,17-18H,1-5,10H2. The minimum Gasteiger partial charge on any atom is -0.390 e. The summed E-state index contributed by atoms with van der Waals surface area (Å²) in [4.78, 5) is 0. The van der Waals surface area contributed by atoms with Crippen molar-refractivity contribution in [1.82, 2.24) is 0 Å². The fourth-order valence-electron chi connectivity index (χ4n) is 2.77. The predicted octanol–water partition coefficient (Wildman–Crippen LogP) is 3.29. The Bertz CT molecular complexity index is 357. The van der Waals surface area contributed by atoms with Crippen LogP contribution in [0.4, 0.5) is 0 Å². The maximum Gasteiger partial charge on any atom is 0.0842 e. The van der Waals surface area contributed by atoms with Gasteiger partial charge in [0.05, 0.1) is 12.2 Å². The average Bonchev–Trinajstić information content (AvgIpc) is 2.41. The van der Waals surface area contributed by atoms with Gasteiger partial charge in [-0.1, -0.05) is 47.3 Å². The van der Waals surface area contributed by atoms with E-state index in [-0.39, 0.29) is 5.92 Å². The summed E-state index contributed by atoms with van der Waals surface area (Å²) in [5, 5.41) is 20.3. The molecule has 0 heterocycles. The van der Waals surface area contributed by atoms with Crippen LogP contribution in [0.15, 0.2) is 28.7 Å². The summed E-state index contributed by atoms with van der Waals surface area (Å²) >= 11 is 3.39. The van der Waals surface area contributed by atoms with Crippen molar-refractivity contribution in [3.05, 3.63) is 34.3 Å². The monoisotopic (exact) mass is 312 g/mol. The highest BCUT2D eigenvalue weighted by atomic mass is 79.9. The van der Waals surface area contributed by atoms with Gasteiger partial charge in [0.1, 0.15) is 0 Å². The van der Waals surface area contributed by atoms with E-state index >= 15 is 0 Å². The number of rotatable bonds is 4. The van der Waals surface area contributed by atoms with Crippen LogP contribution in [0.5, 0.6) is 0 Å². The van der Waals surface area contributed by atoms with Gasteiger partial charge in [-0.3, -0.25) is 0 Å². The molecule has 18 heavy (non-hydrogen) atoms. The first-order valence-corrected chi connectivity index (χ1v) is 7.56. The zero-order valence-electron chi connectivity index (χ0n) is 10.6. The molecule has 3 heteroatoms. The molecule has 1 aliphatic carbocycles. The second kappa shape index (κ2) is 6.69. The highest BCUT2D eigenvalue weighted by molar-refractivity contribution is 9.10. The molecule has 1 fully saturated rings. The Morgan fingerprint density at radius 3 is 2.28 bits per heavy atom. The molecule has 1 aromatic rings. The van der Waals surface area contributed by atoms with E-state index in [2.05, 4.69) is 15.9 Å². The second-order valence-electron chi connectivity index (χ2n) is 5.29. The fraction of sp³-hybridized carbons (Fsp3) is 0.600. The Morgan fingerprint density at radius 1 is 1.06 bits per heavy atom. The van der Waals surface area contributed by atoms with Gasteiger partial charge in [-0.2, -0.15) is 0 Å². The van der Waals surface area contributed by atoms with Crippen molar-refractivity contribution in [3.63, 3.8) is 0 Å². The molecule has 0 spiro atoms. The lowest BCUT2D eigenvalue weighted by Crippen LogP contribution is -2.36. The van der Waals surface area contributed by atoms with E-state index in [1.165, 1.54) is 19.3 Å². The zero-order valence-corrected chi connectivity index (χ0v) is 12.1. The maximum absolute atomic E-state index is 10.2. The molecule has 0 aliphatic heterocycles. The van der Waals surface area contributed by atoms with E-state index in [0.717, 1.165) is 22.9 Å². The summed E-state index contributed by atoms with van der Waals surface area (Å²) in [5.74, 6) is 0.282. The first kappa shape index (κ1) is 14.0. The van der Waals surface area contributed by atoms with E-state index < -0.39 is 12.2 Å². The summed E-state index contributed by atoms with van der Waals surface area (Å²) in [7, 11) is 0. The lowest BCUT2D eigenvalue weighted by molar-refractivity contribution is -0.0263. The van der Waals surface area contributed by atoms with E-state index in [4.69, 9.17) is 0 Å². The number of benzene rings is 1. The molecule has 1 aliphatic rings. The Labute approximate surface area is 117 Å². The van der Waals surface area contributed by atoms with Crippen molar-refractivity contribution < 1.29 is 10.2 Å². The summed E-state index contributed by atoms with van der Waals surface area (Å²) in [5.41, 5.74) is 1.07. The Balaban J connectivity index is 1.89. The zero-order chi connectivity index (χ0) is 13.0. The van der Waals surface area contributed by atoms with Gasteiger partial charge < -0.3 is 10.2 Å². The topological polar surface area (TPSA) is 40.5 Å². The van der Waals surface area contributed by atoms with E-state index in [9.17, 15) is 10.2 Å². The van der Waals surface area contributed by atoms with E-state index in [1.807, 2.05) is 24.3 Å². The molecule has 0 radical (unpaired) electrons. The van der Waals surface area contributed by atoms with Gasteiger partial charge in [0.15, 0.2) is 0 Å². The number of hydrogen-bond acceptors (Lipinski definition) is 2. The lowest BCUT2D eigenvalue weighted by atomic mass is 9.82. The third-order valence-corrected chi connectivity index (χ3v) is 4.41. The van der Waals surface area contributed by atoms with Gasteiger partial charge in [-0.05, 0) is 36.5 Å². The van der Waals surface area contributed by atoms with Crippen molar-refractivity contribution >= 4 is 15.9 Å². The quantitative estimate of drug-likeness (QED) is 0.895. The third-order valence-electron chi connectivity index (χ3n) is 3.89. The molecule has 2 N–H and O–H groups in total. The van der Waals surface area contributed by atoms with E-state index in [1.54, 1.807) is 0 Å². The van der Waals surface area contributed by atoms with Gasteiger partial charge in [-0.15, -0.1) is 0 Å². The summed E-state index contributed by atoms with van der Waals surface area (Å²) in [6, 6.07) is 7.91. The highest BCUT2D eigenvalue weighted by Gasteiger charge is 2.27. The number of aliphatic hydroxyl groups excluding tert-OH is 2. The molecule has 1 saturated carbocycles. The molecule has 1 aromatic carbocycles. The van der Waals surface area contributed by atoms with Crippen molar-refractivity contribution in [1.29, 1.82) is 0 Å². The van der Waals surface area contributed by atoms with Crippen LogP contribution in [0.2, 0.25) is 0 Å². The molecule has 100 valence electrons. The maximum atomic E-state index is 10.2. The Kier molecular flexibility index (Phi) is 5.22. The van der Waals surface area contributed by atoms with Crippen LogP contribution in [0, 0.1) is 5.92 Å². The smallest absolute Gasteiger partial charge is 0.0842 e. The highest BCUT2D eigenvalue weighted by Crippen LogP contribution is 2.28. The SMILES string of the molecule is OC(Cc1ccc(Br)cc1)C(O)C1CCCCC1. The summed E-state index contributed by atoms with van der Waals surface area (Å²) in [6.45, 7) is 0. The van der Waals surface area contributed by atoms with Gasteiger partial charge in [-0.25, -0.2) is 0 Å². The first-order valence-electron chi connectivity index (χ1n) is 6.77. The van der Waals surface area contributed by atoms with E-state index in [0.29, 0.717) is 6.42 Å². The first-order chi connectivity index (χ1) is 8.66. The van der Waals surface area contributed by atoms with Crippen molar-refractivity contribution in [2.45, 2.75) is 50.7 Å². The van der Waals surface area contributed by atoms with Crippen molar-refractivity contribution in [2.75, 3.05) is 0 Å². The third kappa shape index (κ3) is 3.81. The van der Waals surface area contributed by atoms with Crippen LogP contribution in [0.25, 0.3) is 0 Å². The van der Waals surface area contributed by atoms with Crippen LogP contribution >= 0.6 is 15.9 Å². The molecular weight excluding hydrogens is 292 g/mol. The van der Waals surface area contributed by atoms with Crippen LogP contribution in [0.1, 0.15) is 37.7 Å². The summed E-state index contributed by atoms with van der Waals surface area (Å²) in [6.07, 6.45) is 5.07. The van der Waals surface area contributed by atoms with Gasteiger partial charge in [0, 0.05) is 10.9 Å². The fourth-order valence-corrected chi connectivity index (χ4v) is 3.04. The van der Waals surface area contributed by atoms with Gasteiger partial charge >= 0.3 is 0 Å². The average molecular weight is 313 g/mol. The number of aliphatic hydroxyl groups is 2. The minimum absolute atomic E-state index is 0.282. The Hall–Kier alpha value is -0.380. The largest absolute Gasteiger partial charge is 0.390 e. The molecule has 0 saturated heterocycles. The van der Waals surface area contributed by atoms with Gasteiger partial charge in [0.25, 0.3) is 0 Å². The van der Waals surface area contributed by atoms with Crippen LogP contribution < -0.4 is 0 Å². The van der Waals surface area contributed by atoms with Crippen molar-refractivity contribution in [2.24, 2.45) is 5.92 Å². The number of halogens is 1.